The minimum atomic E-state index is -0.160. The molecule has 3 nitrogen and oxygen atoms in total. The first-order valence-electron chi connectivity index (χ1n) is 6.50. The molecule has 1 aliphatic carbocycles. The summed E-state index contributed by atoms with van der Waals surface area (Å²) in [5.74, 6) is 0.532. The zero-order chi connectivity index (χ0) is 11.2. The summed E-state index contributed by atoms with van der Waals surface area (Å²) in [6.45, 7) is 3.20. The second-order valence-electron chi connectivity index (χ2n) is 4.95. The summed E-state index contributed by atoms with van der Waals surface area (Å²) in [6, 6.07) is 0. The fourth-order valence-corrected chi connectivity index (χ4v) is 2.62. The highest BCUT2D eigenvalue weighted by Gasteiger charge is 2.22. The van der Waals surface area contributed by atoms with Crippen molar-refractivity contribution < 1.29 is 9.84 Å². The molecular weight excluding hydrogens is 202 g/mol. The van der Waals surface area contributed by atoms with Gasteiger partial charge in [-0.25, -0.2) is 0 Å². The van der Waals surface area contributed by atoms with Crippen LogP contribution in [0.25, 0.3) is 0 Å². The predicted octanol–water partition coefficient (Wildman–Crippen LogP) is 1.47. The first-order valence-corrected chi connectivity index (χ1v) is 6.50. The summed E-state index contributed by atoms with van der Waals surface area (Å²) in [7, 11) is 0. The third-order valence-electron chi connectivity index (χ3n) is 3.63. The van der Waals surface area contributed by atoms with Gasteiger partial charge in [0.1, 0.15) is 0 Å². The molecule has 0 bridgehead atoms. The van der Waals surface area contributed by atoms with E-state index >= 15 is 0 Å². The zero-order valence-electron chi connectivity index (χ0n) is 9.95. The van der Waals surface area contributed by atoms with Crippen LogP contribution in [0.4, 0.5) is 0 Å². The number of hydrogen-bond donors (Lipinski definition) is 2. The molecule has 0 saturated heterocycles. The van der Waals surface area contributed by atoms with Crippen LogP contribution in [0.2, 0.25) is 0 Å². The Bertz CT molecular complexity index is 234. The third kappa shape index (κ3) is 3.58. The Morgan fingerprint density at radius 2 is 2.25 bits per heavy atom. The van der Waals surface area contributed by atoms with E-state index in [1.54, 1.807) is 0 Å². The average molecular weight is 225 g/mol. The van der Waals surface area contributed by atoms with E-state index in [-0.39, 0.29) is 6.10 Å². The maximum absolute atomic E-state index is 9.97. The second-order valence-corrected chi connectivity index (χ2v) is 4.95. The molecule has 1 fully saturated rings. The van der Waals surface area contributed by atoms with E-state index in [4.69, 9.17) is 4.74 Å². The number of rotatable bonds is 5. The van der Waals surface area contributed by atoms with Crippen LogP contribution in [0.3, 0.4) is 0 Å². The van der Waals surface area contributed by atoms with E-state index in [0.717, 1.165) is 32.7 Å². The molecule has 0 amide bonds. The molecule has 1 aliphatic heterocycles. The SMILES string of the molecule is OC(CNCC1=CCCOC1)C1CCCC1. The second kappa shape index (κ2) is 6.38. The van der Waals surface area contributed by atoms with Gasteiger partial charge in [0.25, 0.3) is 0 Å². The molecule has 2 rings (SSSR count). The first-order chi connectivity index (χ1) is 7.86. The van der Waals surface area contributed by atoms with Gasteiger partial charge in [-0.05, 0) is 30.8 Å². The largest absolute Gasteiger partial charge is 0.392 e. The molecule has 2 N–H and O–H groups in total. The molecule has 16 heavy (non-hydrogen) atoms. The van der Waals surface area contributed by atoms with Gasteiger partial charge in [0.15, 0.2) is 0 Å². The van der Waals surface area contributed by atoms with Crippen LogP contribution in [0.1, 0.15) is 32.1 Å². The van der Waals surface area contributed by atoms with Crippen LogP contribution in [0.15, 0.2) is 11.6 Å². The van der Waals surface area contributed by atoms with E-state index in [0.29, 0.717) is 5.92 Å². The van der Waals surface area contributed by atoms with Gasteiger partial charge in [-0.3, -0.25) is 0 Å². The summed E-state index contributed by atoms with van der Waals surface area (Å²) in [4.78, 5) is 0. The Morgan fingerprint density at radius 1 is 1.44 bits per heavy atom. The maximum atomic E-state index is 9.97. The van der Waals surface area contributed by atoms with E-state index in [2.05, 4.69) is 11.4 Å². The summed E-state index contributed by atoms with van der Waals surface area (Å²) < 4.78 is 5.37. The molecule has 0 spiro atoms. The molecule has 2 aliphatic rings. The molecular formula is C13H23NO2. The van der Waals surface area contributed by atoms with E-state index in [1.807, 2.05) is 0 Å². The Balaban J connectivity index is 1.61. The lowest BCUT2D eigenvalue weighted by Crippen LogP contribution is -2.33. The molecule has 0 radical (unpaired) electrons. The predicted molar refractivity (Wildman–Crippen MR) is 64.4 cm³/mol. The highest BCUT2D eigenvalue weighted by molar-refractivity contribution is 5.06. The average Bonchev–Trinajstić information content (AvgIpc) is 2.84. The number of aliphatic hydroxyl groups excluding tert-OH is 1. The molecule has 3 heteroatoms. The number of aliphatic hydroxyl groups is 1. The lowest BCUT2D eigenvalue weighted by molar-refractivity contribution is 0.109. The van der Waals surface area contributed by atoms with Crippen molar-refractivity contribution in [2.24, 2.45) is 5.92 Å². The van der Waals surface area contributed by atoms with Crippen molar-refractivity contribution in [3.8, 4) is 0 Å². The molecule has 1 heterocycles. The standard InChI is InChI=1S/C13H23NO2/c15-13(12-5-1-2-6-12)9-14-8-11-4-3-7-16-10-11/h4,12-15H,1-3,5-10H2. The Kier molecular flexibility index (Phi) is 4.82. The zero-order valence-corrected chi connectivity index (χ0v) is 9.95. The lowest BCUT2D eigenvalue weighted by Gasteiger charge is -2.19. The topological polar surface area (TPSA) is 41.5 Å². The van der Waals surface area contributed by atoms with E-state index in [1.165, 1.54) is 31.3 Å². The van der Waals surface area contributed by atoms with Crippen molar-refractivity contribution >= 4 is 0 Å². The fourth-order valence-electron chi connectivity index (χ4n) is 2.62. The minimum Gasteiger partial charge on any atom is -0.392 e. The molecule has 0 aromatic rings. The summed E-state index contributed by atoms with van der Waals surface area (Å²) in [5.41, 5.74) is 1.32. The molecule has 0 aromatic heterocycles. The Morgan fingerprint density at radius 3 is 2.94 bits per heavy atom. The Labute approximate surface area is 97.9 Å². The van der Waals surface area contributed by atoms with E-state index < -0.39 is 0 Å². The van der Waals surface area contributed by atoms with Gasteiger partial charge in [-0.15, -0.1) is 0 Å². The van der Waals surface area contributed by atoms with Crippen LogP contribution in [-0.4, -0.2) is 37.5 Å². The van der Waals surface area contributed by atoms with Crippen molar-refractivity contribution in [2.75, 3.05) is 26.3 Å². The van der Waals surface area contributed by atoms with Gasteiger partial charge < -0.3 is 15.2 Å². The number of ether oxygens (including phenoxy) is 1. The van der Waals surface area contributed by atoms with Gasteiger partial charge in [-0.2, -0.15) is 0 Å². The molecule has 1 atom stereocenters. The minimum absolute atomic E-state index is 0.160. The molecule has 1 saturated carbocycles. The van der Waals surface area contributed by atoms with Crippen LogP contribution in [0, 0.1) is 5.92 Å². The van der Waals surface area contributed by atoms with Crippen molar-refractivity contribution in [1.29, 1.82) is 0 Å². The van der Waals surface area contributed by atoms with E-state index in [9.17, 15) is 5.11 Å². The Hall–Kier alpha value is -0.380. The highest BCUT2D eigenvalue weighted by atomic mass is 16.5. The molecule has 92 valence electrons. The third-order valence-corrected chi connectivity index (χ3v) is 3.63. The van der Waals surface area contributed by atoms with Gasteiger partial charge in [-0.1, -0.05) is 18.9 Å². The van der Waals surface area contributed by atoms with Crippen molar-refractivity contribution in [1.82, 2.24) is 5.32 Å². The first kappa shape index (κ1) is 12.1. The van der Waals surface area contributed by atoms with Gasteiger partial charge in [0.2, 0.25) is 0 Å². The van der Waals surface area contributed by atoms with Crippen molar-refractivity contribution in [2.45, 2.75) is 38.2 Å². The van der Waals surface area contributed by atoms with Crippen LogP contribution < -0.4 is 5.32 Å². The highest BCUT2D eigenvalue weighted by Crippen LogP contribution is 2.27. The van der Waals surface area contributed by atoms with Gasteiger partial charge in [0, 0.05) is 13.1 Å². The van der Waals surface area contributed by atoms with Crippen molar-refractivity contribution in [3.63, 3.8) is 0 Å². The van der Waals surface area contributed by atoms with Crippen molar-refractivity contribution in [3.05, 3.63) is 11.6 Å². The summed E-state index contributed by atoms with van der Waals surface area (Å²) in [6.07, 6.45) is 8.11. The number of hydrogen-bond acceptors (Lipinski definition) is 3. The van der Waals surface area contributed by atoms with Crippen LogP contribution in [-0.2, 0) is 4.74 Å². The fraction of sp³-hybridized carbons (Fsp3) is 0.846. The monoisotopic (exact) mass is 225 g/mol. The van der Waals surface area contributed by atoms with Gasteiger partial charge >= 0.3 is 0 Å². The maximum Gasteiger partial charge on any atom is 0.0692 e. The summed E-state index contributed by atoms with van der Waals surface area (Å²) in [5, 5.41) is 13.3. The van der Waals surface area contributed by atoms with Crippen LogP contribution >= 0.6 is 0 Å². The van der Waals surface area contributed by atoms with Gasteiger partial charge in [0.05, 0.1) is 19.3 Å². The quantitative estimate of drug-likeness (QED) is 0.696. The normalized spacial score (nSPS) is 24.4. The number of nitrogens with one attached hydrogen (secondary N) is 1. The lowest BCUT2D eigenvalue weighted by atomic mass is 10.0. The molecule has 0 aromatic carbocycles. The van der Waals surface area contributed by atoms with Crippen LogP contribution in [0.5, 0.6) is 0 Å². The summed E-state index contributed by atoms with van der Waals surface area (Å²) >= 11 is 0. The smallest absolute Gasteiger partial charge is 0.0692 e. The molecule has 1 unspecified atom stereocenters.